The number of aromatic nitrogens is 2. The van der Waals surface area contributed by atoms with Crippen molar-refractivity contribution in [3.63, 3.8) is 0 Å². The molecule has 0 aliphatic heterocycles. The number of carbonyl (C=O) groups is 1. The second kappa shape index (κ2) is 3.17. The number of nitrogens with zero attached hydrogens (tertiary/aromatic N) is 2. The first-order valence-corrected chi connectivity index (χ1v) is 3.46. The maximum atomic E-state index is 11.0. The molecule has 0 spiro atoms. The van der Waals surface area contributed by atoms with Crippen molar-refractivity contribution in [1.29, 1.82) is 0 Å². The van der Waals surface area contributed by atoms with Crippen molar-refractivity contribution in [2.75, 3.05) is 0 Å². The van der Waals surface area contributed by atoms with Gasteiger partial charge in [-0.1, -0.05) is 0 Å². The van der Waals surface area contributed by atoms with Crippen molar-refractivity contribution in [3.05, 3.63) is 28.4 Å². The molecule has 0 atom stereocenters. The highest BCUT2D eigenvalue weighted by molar-refractivity contribution is 5.85. The van der Waals surface area contributed by atoms with Crippen LogP contribution in [0.15, 0.2) is 17.1 Å². The minimum absolute atomic E-state index is 0.0301. The minimum atomic E-state index is -1.11. The second-order valence-electron chi connectivity index (χ2n) is 2.16. The molecule has 0 saturated heterocycles. The average Bonchev–Trinajstić information content (AvgIpc) is 2.03. The second-order valence-corrected chi connectivity index (χ2v) is 2.16. The molecule has 0 aliphatic carbocycles. The van der Waals surface area contributed by atoms with Gasteiger partial charge in [0.1, 0.15) is 5.69 Å². The molecular weight excluding hydrogens is 160 g/mol. The van der Waals surface area contributed by atoms with E-state index in [0.29, 0.717) is 6.54 Å². The van der Waals surface area contributed by atoms with Gasteiger partial charge in [0.15, 0.2) is 0 Å². The van der Waals surface area contributed by atoms with Crippen LogP contribution in [0.4, 0.5) is 0 Å². The van der Waals surface area contributed by atoms with Crippen molar-refractivity contribution >= 4 is 5.97 Å². The highest BCUT2D eigenvalue weighted by Crippen LogP contribution is 1.93. The molecule has 0 fully saturated rings. The van der Waals surface area contributed by atoms with Gasteiger partial charge in [-0.3, -0.25) is 4.57 Å². The number of aromatic carboxylic acids is 1. The lowest BCUT2D eigenvalue weighted by molar-refractivity contribution is 0.0683. The zero-order valence-electron chi connectivity index (χ0n) is 6.52. The SMILES string of the molecule is CCn1c(C(=O)O)ccnc1=O. The Kier molecular flexibility index (Phi) is 2.23. The Labute approximate surface area is 68.3 Å². The monoisotopic (exact) mass is 168 g/mol. The van der Waals surface area contributed by atoms with Crippen LogP contribution in [0.3, 0.4) is 0 Å². The summed E-state index contributed by atoms with van der Waals surface area (Å²) in [4.78, 5) is 24.9. The highest BCUT2D eigenvalue weighted by Gasteiger charge is 2.08. The third-order valence-corrected chi connectivity index (χ3v) is 1.47. The molecule has 1 rings (SSSR count). The van der Waals surface area contributed by atoms with E-state index in [1.165, 1.54) is 12.3 Å². The number of carboxylic acids is 1. The Morgan fingerprint density at radius 1 is 1.75 bits per heavy atom. The predicted molar refractivity (Wildman–Crippen MR) is 41.1 cm³/mol. The van der Waals surface area contributed by atoms with E-state index < -0.39 is 11.7 Å². The van der Waals surface area contributed by atoms with E-state index in [2.05, 4.69) is 4.98 Å². The molecule has 0 saturated carbocycles. The lowest BCUT2D eigenvalue weighted by Crippen LogP contribution is -2.26. The van der Waals surface area contributed by atoms with Crippen LogP contribution < -0.4 is 5.69 Å². The standard InChI is InChI=1S/C7H8N2O3/c1-2-9-5(6(10)11)3-4-8-7(9)12/h3-4H,2H2,1H3,(H,10,11). The van der Waals surface area contributed by atoms with Gasteiger partial charge in [-0.2, -0.15) is 0 Å². The summed E-state index contributed by atoms with van der Waals surface area (Å²) in [7, 11) is 0. The van der Waals surface area contributed by atoms with Gasteiger partial charge in [-0.15, -0.1) is 0 Å². The van der Waals surface area contributed by atoms with Gasteiger partial charge < -0.3 is 5.11 Å². The fourth-order valence-electron chi connectivity index (χ4n) is 0.927. The molecule has 0 aromatic carbocycles. The Bertz CT molecular complexity index is 356. The van der Waals surface area contributed by atoms with E-state index >= 15 is 0 Å². The van der Waals surface area contributed by atoms with Crippen molar-refractivity contribution in [1.82, 2.24) is 9.55 Å². The summed E-state index contributed by atoms with van der Waals surface area (Å²) in [6, 6.07) is 1.30. The van der Waals surface area contributed by atoms with E-state index in [9.17, 15) is 9.59 Å². The zero-order chi connectivity index (χ0) is 9.14. The zero-order valence-corrected chi connectivity index (χ0v) is 6.52. The molecule has 0 aliphatic rings. The van der Waals surface area contributed by atoms with E-state index in [0.717, 1.165) is 4.57 Å². The highest BCUT2D eigenvalue weighted by atomic mass is 16.4. The molecule has 1 N–H and O–H groups in total. The largest absolute Gasteiger partial charge is 0.477 e. The molecular formula is C7H8N2O3. The summed E-state index contributed by atoms with van der Waals surface area (Å²) < 4.78 is 1.10. The Morgan fingerprint density at radius 3 is 2.83 bits per heavy atom. The van der Waals surface area contributed by atoms with E-state index in [-0.39, 0.29) is 5.69 Å². The van der Waals surface area contributed by atoms with Crippen LogP contribution in [-0.4, -0.2) is 20.6 Å². The van der Waals surface area contributed by atoms with Crippen molar-refractivity contribution < 1.29 is 9.90 Å². The summed E-state index contributed by atoms with van der Waals surface area (Å²) in [5.74, 6) is -1.11. The van der Waals surface area contributed by atoms with Crippen LogP contribution in [-0.2, 0) is 6.54 Å². The molecule has 0 amide bonds. The predicted octanol–water partition coefficient (Wildman–Crippen LogP) is -0.0386. The van der Waals surface area contributed by atoms with Gasteiger partial charge in [-0.25, -0.2) is 14.6 Å². The van der Waals surface area contributed by atoms with Crippen molar-refractivity contribution in [2.45, 2.75) is 13.5 Å². The van der Waals surface area contributed by atoms with Crippen LogP contribution in [0.5, 0.6) is 0 Å². The molecule has 0 unspecified atom stereocenters. The first-order valence-electron chi connectivity index (χ1n) is 3.46. The van der Waals surface area contributed by atoms with Crippen molar-refractivity contribution in [2.24, 2.45) is 0 Å². The first kappa shape index (κ1) is 8.45. The van der Waals surface area contributed by atoms with Crippen LogP contribution in [0.25, 0.3) is 0 Å². The Morgan fingerprint density at radius 2 is 2.42 bits per heavy atom. The van der Waals surface area contributed by atoms with Gasteiger partial charge in [0.05, 0.1) is 0 Å². The maximum absolute atomic E-state index is 11.0. The van der Waals surface area contributed by atoms with E-state index in [4.69, 9.17) is 5.11 Å². The lowest BCUT2D eigenvalue weighted by atomic mass is 10.4. The van der Waals surface area contributed by atoms with Gasteiger partial charge in [-0.05, 0) is 13.0 Å². The number of rotatable bonds is 2. The molecule has 0 bridgehead atoms. The lowest BCUT2D eigenvalue weighted by Gasteiger charge is -2.03. The van der Waals surface area contributed by atoms with Crippen LogP contribution in [0.1, 0.15) is 17.4 Å². The Balaban J connectivity index is 3.38. The number of hydrogen-bond acceptors (Lipinski definition) is 3. The molecule has 12 heavy (non-hydrogen) atoms. The molecule has 1 aromatic rings. The fourth-order valence-corrected chi connectivity index (χ4v) is 0.927. The van der Waals surface area contributed by atoms with Gasteiger partial charge >= 0.3 is 11.7 Å². The summed E-state index contributed by atoms with van der Waals surface area (Å²) in [5.41, 5.74) is -0.560. The third kappa shape index (κ3) is 1.34. The van der Waals surface area contributed by atoms with E-state index in [1.807, 2.05) is 0 Å². The first-order chi connectivity index (χ1) is 5.66. The van der Waals surface area contributed by atoms with Crippen LogP contribution in [0.2, 0.25) is 0 Å². The minimum Gasteiger partial charge on any atom is -0.477 e. The molecule has 5 heteroatoms. The smallest absolute Gasteiger partial charge is 0.352 e. The van der Waals surface area contributed by atoms with Crippen molar-refractivity contribution in [3.8, 4) is 0 Å². The molecule has 1 heterocycles. The Hall–Kier alpha value is -1.65. The normalized spacial score (nSPS) is 9.75. The topological polar surface area (TPSA) is 72.2 Å². The van der Waals surface area contributed by atoms with Crippen LogP contribution >= 0.6 is 0 Å². The summed E-state index contributed by atoms with van der Waals surface area (Å²) in [5, 5.41) is 8.63. The van der Waals surface area contributed by atoms with Crippen LogP contribution in [0, 0.1) is 0 Å². The maximum Gasteiger partial charge on any atom is 0.352 e. The van der Waals surface area contributed by atoms with Gasteiger partial charge in [0, 0.05) is 12.7 Å². The van der Waals surface area contributed by atoms with Gasteiger partial charge in [0.2, 0.25) is 0 Å². The fraction of sp³-hybridized carbons (Fsp3) is 0.286. The molecule has 64 valence electrons. The molecule has 0 radical (unpaired) electrons. The summed E-state index contributed by atoms with van der Waals surface area (Å²) in [6.07, 6.45) is 1.19. The number of hydrogen-bond donors (Lipinski definition) is 1. The van der Waals surface area contributed by atoms with Gasteiger partial charge in [0.25, 0.3) is 0 Å². The summed E-state index contributed by atoms with van der Waals surface area (Å²) in [6.45, 7) is 2.00. The van der Waals surface area contributed by atoms with E-state index in [1.54, 1.807) is 6.92 Å². The number of carboxylic acid groups (broad SMARTS) is 1. The average molecular weight is 168 g/mol. The molecule has 1 aromatic heterocycles. The quantitative estimate of drug-likeness (QED) is 0.672. The molecule has 5 nitrogen and oxygen atoms in total. The third-order valence-electron chi connectivity index (χ3n) is 1.47. The summed E-state index contributed by atoms with van der Waals surface area (Å²) >= 11 is 0.